The second-order valence-corrected chi connectivity index (χ2v) is 5.49. The number of aryl methyl sites for hydroxylation is 1. The van der Waals surface area contributed by atoms with E-state index in [0.717, 1.165) is 22.2 Å². The normalized spacial score (nSPS) is 10.4. The summed E-state index contributed by atoms with van der Waals surface area (Å²) in [6.45, 7) is 2.11. The van der Waals surface area contributed by atoms with Gasteiger partial charge in [-0.25, -0.2) is 0 Å². The van der Waals surface area contributed by atoms with Crippen molar-refractivity contribution in [3.63, 3.8) is 0 Å². The molecular formula is C19H19N3O2. The van der Waals surface area contributed by atoms with E-state index >= 15 is 0 Å². The molecule has 0 aliphatic rings. The molecule has 0 radical (unpaired) electrons. The number of fused-ring (bicyclic) bond motifs is 1. The van der Waals surface area contributed by atoms with E-state index < -0.39 is 0 Å². The minimum absolute atomic E-state index is 0.146. The van der Waals surface area contributed by atoms with Crippen molar-refractivity contribution < 1.29 is 9.53 Å². The molecule has 0 saturated carbocycles. The Morgan fingerprint density at radius 3 is 2.79 bits per heavy atom. The maximum Gasteiger partial charge on any atom is 0.243 e. The fourth-order valence-electron chi connectivity index (χ4n) is 2.54. The summed E-state index contributed by atoms with van der Waals surface area (Å²) in [5.74, 6) is 0.493. The Bertz CT molecular complexity index is 872. The molecule has 2 aromatic carbocycles. The first kappa shape index (κ1) is 15.8. The van der Waals surface area contributed by atoms with E-state index in [0.29, 0.717) is 11.4 Å². The molecule has 5 heteroatoms. The third kappa shape index (κ3) is 3.46. The van der Waals surface area contributed by atoms with Gasteiger partial charge in [0.05, 0.1) is 30.5 Å². The average molecular weight is 321 g/mol. The van der Waals surface area contributed by atoms with Gasteiger partial charge in [-0.2, -0.15) is 0 Å². The highest BCUT2D eigenvalue weighted by Crippen LogP contribution is 2.25. The number of nitrogens with one attached hydrogen (secondary N) is 2. The van der Waals surface area contributed by atoms with Crippen LogP contribution in [0.1, 0.15) is 5.56 Å². The summed E-state index contributed by atoms with van der Waals surface area (Å²) in [5, 5.41) is 7.05. The number of carbonyl (C=O) groups is 1. The van der Waals surface area contributed by atoms with Crippen LogP contribution in [-0.2, 0) is 4.79 Å². The van der Waals surface area contributed by atoms with Crippen LogP contribution in [-0.4, -0.2) is 24.5 Å². The average Bonchev–Trinajstić information content (AvgIpc) is 2.60. The number of carbonyl (C=O) groups excluding carboxylic acids is 1. The largest absolute Gasteiger partial charge is 0.495 e. The number of aromatic nitrogens is 1. The summed E-state index contributed by atoms with van der Waals surface area (Å²) in [7, 11) is 1.58. The Labute approximate surface area is 140 Å². The second-order valence-electron chi connectivity index (χ2n) is 5.49. The summed E-state index contributed by atoms with van der Waals surface area (Å²) in [6, 6.07) is 15.4. The number of rotatable bonds is 5. The zero-order valence-electron chi connectivity index (χ0n) is 13.7. The fraction of sp³-hybridized carbons (Fsp3) is 0.158. The number of amides is 1. The number of nitrogens with zero attached hydrogens (tertiary/aromatic N) is 1. The summed E-state index contributed by atoms with van der Waals surface area (Å²) < 4.78 is 5.28. The zero-order chi connectivity index (χ0) is 16.9. The van der Waals surface area contributed by atoms with Crippen LogP contribution in [0.15, 0.2) is 54.7 Å². The molecule has 5 nitrogen and oxygen atoms in total. The molecular weight excluding hydrogens is 302 g/mol. The van der Waals surface area contributed by atoms with Gasteiger partial charge in [-0.3, -0.25) is 9.78 Å². The molecule has 3 aromatic rings. The van der Waals surface area contributed by atoms with Gasteiger partial charge in [0.1, 0.15) is 5.75 Å². The zero-order valence-corrected chi connectivity index (χ0v) is 13.7. The molecule has 0 atom stereocenters. The summed E-state index contributed by atoms with van der Waals surface area (Å²) in [5.41, 5.74) is 3.40. The molecule has 2 N–H and O–H groups in total. The lowest BCUT2D eigenvalue weighted by Crippen LogP contribution is -2.22. The standard InChI is InChI=1S/C19H19N3O2/c1-13-8-9-17(24-2)16(11-13)22-18(23)12-21-15-7-3-5-14-6-4-10-20-19(14)15/h3-11,21H,12H2,1-2H3,(H,22,23). The smallest absolute Gasteiger partial charge is 0.243 e. The van der Waals surface area contributed by atoms with Gasteiger partial charge < -0.3 is 15.4 Å². The predicted molar refractivity (Wildman–Crippen MR) is 96.6 cm³/mol. The van der Waals surface area contributed by atoms with E-state index in [2.05, 4.69) is 15.6 Å². The first-order valence-corrected chi connectivity index (χ1v) is 7.69. The van der Waals surface area contributed by atoms with E-state index in [1.165, 1.54) is 0 Å². The Morgan fingerprint density at radius 2 is 1.96 bits per heavy atom. The number of methoxy groups -OCH3 is 1. The number of anilines is 2. The lowest BCUT2D eigenvalue weighted by atomic mass is 10.2. The molecule has 1 heterocycles. The second kappa shape index (κ2) is 7.00. The van der Waals surface area contributed by atoms with Crippen LogP contribution in [0.3, 0.4) is 0 Å². The Balaban J connectivity index is 1.71. The Kier molecular flexibility index (Phi) is 4.61. The molecule has 24 heavy (non-hydrogen) atoms. The summed E-state index contributed by atoms with van der Waals surface area (Å²) >= 11 is 0. The monoisotopic (exact) mass is 321 g/mol. The van der Waals surface area contributed by atoms with Crippen LogP contribution >= 0.6 is 0 Å². The maximum absolute atomic E-state index is 12.3. The highest BCUT2D eigenvalue weighted by atomic mass is 16.5. The third-order valence-electron chi connectivity index (χ3n) is 3.70. The van der Waals surface area contributed by atoms with Crippen molar-refractivity contribution in [2.75, 3.05) is 24.3 Å². The van der Waals surface area contributed by atoms with Gasteiger partial charge in [0.2, 0.25) is 5.91 Å². The lowest BCUT2D eigenvalue weighted by molar-refractivity contribution is -0.114. The maximum atomic E-state index is 12.3. The van der Waals surface area contributed by atoms with Gasteiger partial charge in [0, 0.05) is 11.6 Å². The van der Waals surface area contributed by atoms with Crippen LogP contribution in [0.4, 0.5) is 11.4 Å². The molecule has 1 amide bonds. The van der Waals surface area contributed by atoms with Crippen LogP contribution < -0.4 is 15.4 Å². The summed E-state index contributed by atoms with van der Waals surface area (Å²) in [6.07, 6.45) is 1.74. The van der Waals surface area contributed by atoms with E-state index in [1.807, 2.05) is 55.5 Å². The van der Waals surface area contributed by atoms with E-state index in [4.69, 9.17) is 4.74 Å². The van der Waals surface area contributed by atoms with Crippen molar-refractivity contribution in [3.8, 4) is 5.75 Å². The fourth-order valence-corrected chi connectivity index (χ4v) is 2.54. The van der Waals surface area contributed by atoms with Crippen molar-refractivity contribution in [2.24, 2.45) is 0 Å². The number of ether oxygens (including phenoxy) is 1. The molecule has 0 fully saturated rings. The summed E-state index contributed by atoms with van der Waals surface area (Å²) in [4.78, 5) is 16.6. The number of pyridine rings is 1. The molecule has 0 saturated heterocycles. The molecule has 0 bridgehead atoms. The minimum atomic E-state index is -0.146. The third-order valence-corrected chi connectivity index (χ3v) is 3.70. The molecule has 3 rings (SSSR count). The van der Waals surface area contributed by atoms with Crippen LogP contribution in [0.2, 0.25) is 0 Å². The lowest BCUT2D eigenvalue weighted by Gasteiger charge is -2.12. The van der Waals surface area contributed by atoms with Gasteiger partial charge in [0.15, 0.2) is 0 Å². The Hall–Kier alpha value is -3.08. The van der Waals surface area contributed by atoms with Gasteiger partial charge in [-0.15, -0.1) is 0 Å². The van der Waals surface area contributed by atoms with E-state index in [1.54, 1.807) is 13.3 Å². The highest BCUT2D eigenvalue weighted by Gasteiger charge is 2.09. The first-order valence-electron chi connectivity index (χ1n) is 7.69. The van der Waals surface area contributed by atoms with E-state index in [-0.39, 0.29) is 12.5 Å². The number of benzene rings is 2. The van der Waals surface area contributed by atoms with Crippen LogP contribution in [0.25, 0.3) is 10.9 Å². The quantitative estimate of drug-likeness (QED) is 0.753. The van der Waals surface area contributed by atoms with Crippen molar-refractivity contribution in [1.82, 2.24) is 4.98 Å². The molecule has 0 aliphatic carbocycles. The molecule has 122 valence electrons. The van der Waals surface area contributed by atoms with Gasteiger partial charge in [-0.1, -0.05) is 24.3 Å². The molecule has 1 aromatic heterocycles. The SMILES string of the molecule is COc1ccc(C)cc1NC(=O)CNc1cccc2cccnc12. The molecule has 0 unspecified atom stereocenters. The Morgan fingerprint density at radius 1 is 1.12 bits per heavy atom. The molecule has 0 spiro atoms. The van der Waals surface area contributed by atoms with Crippen LogP contribution in [0.5, 0.6) is 5.75 Å². The number of para-hydroxylation sites is 1. The van der Waals surface area contributed by atoms with Crippen molar-refractivity contribution in [3.05, 3.63) is 60.3 Å². The van der Waals surface area contributed by atoms with Crippen molar-refractivity contribution >= 4 is 28.2 Å². The first-order chi connectivity index (χ1) is 11.7. The van der Waals surface area contributed by atoms with Gasteiger partial charge in [0.25, 0.3) is 0 Å². The number of hydrogen-bond donors (Lipinski definition) is 2. The van der Waals surface area contributed by atoms with Crippen molar-refractivity contribution in [1.29, 1.82) is 0 Å². The minimum Gasteiger partial charge on any atom is -0.495 e. The van der Waals surface area contributed by atoms with Gasteiger partial charge in [-0.05, 0) is 36.8 Å². The molecule has 0 aliphatic heterocycles. The van der Waals surface area contributed by atoms with E-state index in [9.17, 15) is 4.79 Å². The topological polar surface area (TPSA) is 63.2 Å². The number of hydrogen-bond acceptors (Lipinski definition) is 4. The highest BCUT2D eigenvalue weighted by molar-refractivity contribution is 5.97. The van der Waals surface area contributed by atoms with Crippen LogP contribution in [0, 0.1) is 6.92 Å². The predicted octanol–water partition coefficient (Wildman–Crippen LogP) is 3.60. The van der Waals surface area contributed by atoms with Crippen molar-refractivity contribution in [2.45, 2.75) is 6.92 Å². The van der Waals surface area contributed by atoms with Gasteiger partial charge >= 0.3 is 0 Å².